The maximum atomic E-state index is 4.31. The zero-order valence-electron chi connectivity index (χ0n) is 7.57. The summed E-state index contributed by atoms with van der Waals surface area (Å²) < 4.78 is 0. The average Bonchev–Trinajstić information content (AvgIpc) is 2.19. The van der Waals surface area contributed by atoms with Crippen molar-refractivity contribution in [2.45, 2.75) is 0 Å². The molecule has 13 heavy (non-hydrogen) atoms. The van der Waals surface area contributed by atoms with Crippen LogP contribution < -0.4 is 5.46 Å². The van der Waals surface area contributed by atoms with Crippen molar-refractivity contribution in [1.82, 2.24) is 4.98 Å². The first kappa shape index (κ1) is 8.05. The Labute approximate surface area is 78.9 Å². The third kappa shape index (κ3) is 1.78. The summed E-state index contributed by atoms with van der Waals surface area (Å²) in [4.78, 5) is 4.31. The molecule has 0 aliphatic carbocycles. The lowest BCUT2D eigenvalue weighted by atomic mass is 9.96. The van der Waals surface area contributed by atoms with Crippen LogP contribution in [0.2, 0.25) is 0 Å². The van der Waals surface area contributed by atoms with E-state index in [0.29, 0.717) is 0 Å². The molecule has 2 aromatic rings. The van der Waals surface area contributed by atoms with Gasteiger partial charge in [-0.2, -0.15) is 0 Å². The van der Waals surface area contributed by atoms with Crippen LogP contribution in [-0.2, 0) is 0 Å². The monoisotopic (exact) mass is 167 g/mol. The SMILES string of the molecule is Bc1ccnc(-c2ccccc2)c1. The maximum absolute atomic E-state index is 4.31. The molecule has 0 aliphatic heterocycles. The van der Waals surface area contributed by atoms with E-state index in [4.69, 9.17) is 0 Å². The summed E-state index contributed by atoms with van der Waals surface area (Å²) in [6, 6.07) is 14.3. The van der Waals surface area contributed by atoms with Crippen LogP contribution in [0, 0.1) is 0 Å². The van der Waals surface area contributed by atoms with Crippen molar-refractivity contribution >= 4 is 13.3 Å². The highest BCUT2D eigenvalue weighted by atomic mass is 14.7. The fourth-order valence-electron chi connectivity index (χ4n) is 1.30. The smallest absolute Gasteiger partial charge is 0.139 e. The Hall–Kier alpha value is -1.57. The van der Waals surface area contributed by atoms with Gasteiger partial charge in [0, 0.05) is 11.8 Å². The van der Waals surface area contributed by atoms with Crippen LogP contribution in [0.3, 0.4) is 0 Å². The molecule has 0 bridgehead atoms. The van der Waals surface area contributed by atoms with Gasteiger partial charge in [-0.1, -0.05) is 41.9 Å². The highest BCUT2D eigenvalue weighted by Gasteiger charge is 1.96. The van der Waals surface area contributed by atoms with Gasteiger partial charge in [0.25, 0.3) is 0 Å². The minimum Gasteiger partial charge on any atom is -0.256 e. The number of hydrogen-bond acceptors (Lipinski definition) is 1. The van der Waals surface area contributed by atoms with Crippen LogP contribution in [0.15, 0.2) is 48.7 Å². The number of rotatable bonds is 1. The molecule has 1 nitrogen and oxygen atoms in total. The molecule has 0 amide bonds. The van der Waals surface area contributed by atoms with E-state index in [9.17, 15) is 0 Å². The van der Waals surface area contributed by atoms with Crippen LogP contribution in [0.1, 0.15) is 0 Å². The summed E-state index contributed by atoms with van der Waals surface area (Å²) in [6.45, 7) is 0. The Kier molecular flexibility index (Phi) is 2.13. The largest absolute Gasteiger partial charge is 0.256 e. The quantitative estimate of drug-likeness (QED) is 0.577. The molecule has 2 rings (SSSR count). The van der Waals surface area contributed by atoms with Gasteiger partial charge in [0.2, 0.25) is 0 Å². The molecule has 2 heteroatoms. The lowest BCUT2D eigenvalue weighted by Gasteiger charge is -2.00. The minimum atomic E-state index is 1.04. The van der Waals surface area contributed by atoms with Gasteiger partial charge in [-0.25, -0.2) is 0 Å². The molecule has 0 atom stereocenters. The molecule has 0 fully saturated rings. The second-order valence-electron chi connectivity index (χ2n) is 3.08. The van der Waals surface area contributed by atoms with Crippen molar-refractivity contribution in [1.29, 1.82) is 0 Å². The number of pyridine rings is 1. The summed E-state index contributed by atoms with van der Waals surface area (Å²) in [7, 11) is 2.08. The summed E-state index contributed by atoms with van der Waals surface area (Å²) in [5.41, 5.74) is 3.46. The zero-order chi connectivity index (χ0) is 9.10. The molecule has 0 saturated carbocycles. The molecule has 0 aliphatic rings. The third-order valence-corrected chi connectivity index (χ3v) is 1.98. The van der Waals surface area contributed by atoms with Crippen LogP contribution in [0.4, 0.5) is 0 Å². The van der Waals surface area contributed by atoms with Gasteiger partial charge < -0.3 is 0 Å². The molecule has 1 aromatic heterocycles. The normalized spacial score (nSPS) is 9.85. The van der Waals surface area contributed by atoms with E-state index in [1.165, 1.54) is 11.0 Å². The van der Waals surface area contributed by atoms with Crippen molar-refractivity contribution in [2.75, 3.05) is 0 Å². The molecule has 1 aromatic carbocycles. The van der Waals surface area contributed by atoms with Crippen LogP contribution in [-0.4, -0.2) is 12.8 Å². The first-order valence-corrected chi connectivity index (χ1v) is 4.34. The van der Waals surface area contributed by atoms with Gasteiger partial charge in [0.15, 0.2) is 0 Å². The molecule has 62 valence electrons. The maximum Gasteiger partial charge on any atom is 0.139 e. The van der Waals surface area contributed by atoms with Crippen LogP contribution in [0.25, 0.3) is 11.3 Å². The van der Waals surface area contributed by atoms with Gasteiger partial charge in [0.05, 0.1) is 5.69 Å². The first-order chi connectivity index (χ1) is 6.36. The second kappa shape index (κ2) is 3.44. The number of benzene rings is 1. The number of hydrogen-bond donors (Lipinski definition) is 0. The minimum absolute atomic E-state index is 1.04. The molecule has 0 saturated heterocycles. The Morgan fingerprint density at radius 1 is 1.00 bits per heavy atom. The van der Waals surface area contributed by atoms with E-state index in [1.54, 1.807) is 0 Å². The lowest BCUT2D eigenvalue weighted by Crippen LogP contribution is -2.01. The van der Waals surface area contributed by atoms with Crippen molar-refractivity contribution < 1.29 is 0 Å². The Bertz CT molecular complexity index is 398. The van der Waals surface area contributed by atoms with E-state index in [2.05, 4.69) is 31.0 Å². The zero-order valence-corrected chi connectivity index (χ0v) is 7.57. The Morgan fingerprint density at radius 2 is 1.77 bits per heavy atom. The van der Waals surface area contributed by atoms with Crippen molar-refractivity contribution in [3.63, 3.8) is 0 Å². The standard InChI is InChI=1S/C11H10BN/c12-10-6-7-13-11(8-10)9-4-2-1-3-5-9/h1-8H,12H2. The van der Waals surface area contributed by atoms with E-state index in [-0.39, 0.29) is 0 Å². The van der Waals surface area contributed by atoms with E-state index in [0.717, 1.165) is 5.69 Å². The molecular formula is C11H10BN. The Morgan fingerprint density at radius 3 is 2.46 bits per heavy atom. The van der Waals surface area contributed by atoms with Crippen molar-refractivity contribution in [3.05, 3.63) is 48.7 Å². The summed E-state index contributed by atoms with van der Waals surface area (Å²) in [6.07, 6.45) is 1.84. The number of nitrogens with zero attached hydrogens (tertiary/aromatic N) is 1. The molecule has 0 radical (unpaired) electrons. The summed E-state index contributed by atoms with van der Waals surface area (Å²) in [5.74, 6) is 0. The van der Waals surface area contributed by atoms with Gasteiger partial charge in [-0.05, 0) is 6.07 Å². The topological polar surface area (TPSA) is 12.9 Å². The second-order valence-corrected chi connectivity index (χ2v) is 3.08. The summed E-state index contributed by atoms with van der Waals surface area (Å²) in [5, 5.41) is 0. The number of aromatic nitrogens is 1. The van der Waals surface area contributed by atoms with Gasteiger partial charge >= 0.3 is 0 Å². The van der Waals surface area contributed by atoms with E-state index >= 15 is 0 Å². The highest BCUT2D eigenvalue weighted by Crippen LogP contribution is 2.13. The molecule has 0 unspecified atom stereocenters. The van der Waals surface area contributed by atoms with Gasteiger partial charge in [0.1, 0.15) is 7.85 Å². The lowest BCUT2D eigenvalue weighted by molar-refractivity contribution is 1.34. The van der Waals surface area contributed by atoms with Crippen molar-refractivity contribution in [3.8, 4) is 11.3 Å². The van der Waals surface area contributed by atoms with Gasteiger partial charge in [-0.15, -0.1) is 0 Å². The molecule has 0 spiro atoms. The molecule has 1 heterocycles. The van der Waals surface area contributed by atoms with E-state index in [1.807, 2.05) is 30.5 Å². The first-order valence-electron chi connectivity index (χ1n) is 4.34. The van der Waals surface area contributed by atoms with E-state index < -0.39 is 0 Å². The third-order valence-electron chi connectivity index (χ3n) is 1.98. The van der Waals surface area contributed by atoms with Crippen LogP contribution >= 0.6 is 0 Å². The average molecular weight is 167 g/mol. The van der Waals surface area contributed by atoms with Gasteiger partial charge in [-0.3, -0.25) is 4.98 Å². The highest BCUT2D eigenvalue weighted by molar-refractivity contribution is 6.32. The predicted molar refractivity (Wildman–Crippen MR) is 57.9 cm³/mol. The fourth-order valence-corrected chi connectivity index (χ4v) is 1.30. The Balaban J connectivity index is 2.48. The van der Waals surface area contributed by atoms with Crippen LogP contribution in [0.5, 0.6) is 0 Å². The molecular weight excluding hydrogens is 157 g/mol. The predicted octanol–water partition coefficient (Wildman–Crippen LogP) is 1.01. The fraction of sp³-hybridized carbons (Fsp3) is 0. The summed E-state index contributed by atoms with van der Waals surface area (Å²) >= 11 is 0. The van der Waals surface area contributed by atoms with Crippen molar-refractivity contribution in [2.24, 2.45) is 0 Å². The molecule has 0 N–H and O–H groups in total.